The highest BCUT2D eigenvalue weighted by Crippen LogP contribution is 2.13. The standard InChI is InChI=1S/C12H16N4OS/c1-3-13-10(17)4-5-16-11-9(15-12(16)18)6-8(2)7-14-11/h6-7H,3-5H2,1-2H3,(H,13,17)(H,15,18). The van der Waals surface area contributed by atoms with Gasteiger partial charge in [-0.05, 0) is 37.7 Å². The van der Waals surface area contributed by atoms with Crippen molar-refractivity contribution in [2.75, 3.05) is 6.54 Å². The number of imidazole rings is 1. The number of aryl methyl sites for hydroxylation is 2. The van der Waals surface area contributed by atoms with Crippen molar-refractivity contribution in [2.24, 2.45) is 0 Å². The number of nitrogens with one attached hydrogen (secondary N) is 2. The van der Waals surface area contributed by atoms with E-state index in [1.54, 1.807) is 6.20 Å². The van der Waals surface area contributed by atoms with Crippen molar-refractivity contribution in [1.29, 1.82) is 0 Å². The van der Waals surface area contributed by atoms with Crippen LogP contribution in [-0.2, 0) is 11.3 Å². The zero-order chi connectivity index (χ0) is 13.1. The second kappa shape index (κ2) is 5.30. The van der Waals surface area contributed by atoms with Crippen molar-refractivity contribution in [3.05, 3.63) is 22.6 Å². The fraction of sp³-hybridized carbons (Fsp3) is 0.417. The SMILES string of the molecule is CCNC(=O)CCn1c(=S)[nH]c2cc(C)cnc21. The van der Waals surface area contributed by atoms with E-state index in [9.17, 15) is 4.79 Å². The first kappa shape index (κ1) is 12.8. The van der Waals surface area contributed by atoms with Gasteiger partial charge in [0.1, 0.15) is 0 Å². The molecule has 0 saturated heterocycles. The van der Waals surface area contributed by atoms with Gasteiger partial charge in [0.25, 0.3) is 0 Å². The van der Waals surface area contributed by atoms with Crippen molar-refractivity contribution in [3.63, 3.8) is 0 Å². The van der Waals surface area contributed by atoms with Crippen LogP contribution in [0.2, 0.25) is 0 Å². The number of hydrogen-bond donors (Lipinski definition) is 2. The summed E-state index contributed by atoms with van der Waals surface area (Å²) in [6.07, 6.45) is 2.21. The summed E-state index contributed by atoms with van der Waals surface area (Å²) in [6.45, 7) is 5.07. The maximum atomic E-state index is 11.5. The maximum Gasteiger partial charge on any atom is 0.221 e. The predicted octanol–water partition coefficient (Wildman–Crippen LogP) is 1.93. The first-order chi connectivity index (χ1) is 8.61. The third kappa shape index (κ3) is 2.59. The number of aromatic amines is 1. The molecule has 0 bridgehead atoms. The summed E-state index contributed by atoms with van der Waals surface area (Å²) in [5.74, 6) is 0.0286. The number of rotatable bonds is 4. The molecule has 0 aromatic carbocycles. The normalized spacial score (nSPS) is 10.8. The van der Waals surface area contributed by atoms with Crippen molar-refractivity contribution in [2.45, 2.75) is 26.8 Å². The monoisotopic (exact) mass is 264 g/mol. The predicted molar refractivity (Wildman–Crippen MR) is 73.0 cm³/mol. The number of nitrogens with zero attached hydrogens (tertiary/aromatic N) is 2. The molecule has 5 nitrogen and oxygen atoms in total. The summed E-state index contributed by atoms with van der Waals surface area (Å²) in [6, 6.07) is 2.00. The Kier molecular flexibility index (Phi) is 3.76. The van der Waals surface area contributed by atoms with Crippen LogP contribution in [0.5, 0.6) is 0 Å². The maximum absolute atomic E-state index is 11.5. The zero-order valence-electron chi connectivity index (χ0n) is 10.5. The average molecular weight is 264 g/mol. The van der Waals surface area contributed by atoms with E-state index in [0.717, 1.165) is 16.7 Å². The van der Waals surface area contributed by atoms with Crippen LogP contribution in [0.15, 0.2) is 12.3 Å². The van der Waals surface area contributed by atoms with Crippen LogP contribution >= 0.6 is 12.2 Å². The van der Waals surface area contributed by atoms with Gasteiger partial charge in [-0.25, -0.2) is 4.98 Å². The molecule has 2 rings (SSSR count). The van der Waals surface area contributed by atoms with E-state index in [0.29, 0.717) is 24.3 Å². The van der Waals surface area contributed by atoms with Crippen molar-refractivity contribution >= 4 is 29.3 Å². The molecule has 0 aliphatic heterocycles. The molecule has 1 amide bonds. The van der Waals surface area contributed by atoms with E-state index >= 15 is 0 Å². The third-order valence-corrected chi connectivity index (χ3v) is 3.00. The van der Waals surface area contributed by atoms with Gasteiger partial charge >= 0.3 is 0 Å². The molecule has 2 heterocycles. The summed E-state index contributed by atoms with van der Waals surface area (Å²) in [4.78, 5) is 18.9. The molecule has 18 heavy (non-hydrogen) atoms. The van der Waals surface area contributed by atoms with E-state index in [2.05, 4.69) is 15.3 Å². The number of amides is 1. The zero-order valence-corrected chi connectivity index (χ0v) is 11.3. The number of fused-ring (bicyclic) bond motifs is 1. The molecule has 0 saturated carbocycles. The lowest BCUT2D eigenvalue weighted by molar-refractivity contribution is -0.121. The van der Waals surface area contributed by atoms with Crippen molar-refractivity contribution < 1.29 is 4.79 Å². The van der Waals surface area contributed by atoms with Crippen LogP contribution in [-0.4, -0.2) is 27.0 Å². The van der Waals surface area contributed by atoms with Crippen LogP contribution in [0.4, 0.5) is 0 Å². The molecule has 0 fully saturated rings. The molecule has 0 aliphatic carbocycles. The lowest BCUT2D eigenvalue weighted by Gasteiger charge is -2.04. The largest absolute Gasteiger partial charge is 0.356 e. The van der Waals surface area contributed by atoms with Gasteiger partial charge in [0.05, 0.1) is 5.52 Å². The van der Waals surface area contributed by atoms with E-state index in [4.69, 9.17) is 12.2 Å². The van der Waals surface area contributed by atoms with Crippen LogP contribution < -0.4 is 5.32 Å². The molecular formula is C12H16N4OS. The first-order valence-electron chi connectivity index (χ1n) is 5.93. The van der Waals surface area contributed by atoms with E-state index in [1.165, 1.54) is 0 Å². The van der Waals surface area contributed by atoms with E-state index in [1.807, 2.05) is 24.5 Å². The molecule has 2 aromatic rings. The van der Waals surface area contributed by atoms with Crippen molar-refractivity contribution in [3.8, 4) is 0 Å². The second-order valence-corrected chi connectivity index (χ2v) is 4.56. The number of aromatic nitrogens is 3. The molecule has 0 spiro atoms. The van der Waals surface area contributed by atoms with Gasteiger partial charge in [-0.15, -0.1) is 0 Å². The van der Waals surface area contributed by atoms with Gasteiger partial charge in [-0.1, -0.05) is 0 Å². The summed E-state index contributed by atoms with van der Waals surface area (Å²) < 4.78 is 2.46. The number of pyridine rings is 1. The molecule has 96 valence electrons. The third-order valence-electron chi connectivity index (χ3n) is 2.68. The first-order valence-corrected chi connectivity index (χ1v) is 6.34. The molecular weight excluding hydrogens is 248 g/mol. The van der Waals surface area contributed by atoms with Crippen LogP contribution in [0.1, 0.15) is 18.9 Å². The number of H-pyrrole nitrogens is 1. The molecule has 0 radical (unpaired) electrons. The fourth-order valence-corrected chi connectivity index (χ4v) is 2.14. The Morgan fingerprint density at radius 3 is 3.11 bits per heavy atom. The summed E-state index contributed by atoms with van der Waals surface area (Å²) in [5, 5.41) is 2.77. The lowest BCUT2D eigenvalue weighted by atomic mass is 10.3. The van der Waals surface area contributed by atoms with Gasteiger partial charge < -0.3 is 14.9 Å². The minimum atomic E-state index is 0.0286. The van der Waals surface area contributed by atoms with Gasteiger partial charge in [0.2, 0.25) is 5.91 Å². The summed E-state index contributed by atoms with van der Waals surface area (Å²) in [7, 11) is 0. The average Bonchev–Trinajstić information content (AvgIpc) is 2.61. The quantitative estimate of drug-likeness (QED) is 0.829. The lowest BCUT2D eigenvalue weighted by Crippen LogP contribution is -2.23. The minimum absolute atomic E-state index is 0.0286. The number of carbonyl (C=O) groups is 1. The summed E-state index contributed by atoms with van der Waals surface area (Å²) in [5.41, 5.74) is 2.79. The summed E-state index contributed by atoms with van der Waals surface area (Å²) >= 11 is 5.25. The molecule has 6 heteroatoms. The number of hydrogen-bond acceptors (Lipinski definition) is 3. The highest BCUT2D eigenvalue weighted by Gasteiger charge is 2.07. The molecule has 0 aliphatic rings. The van der Waals surface area contributed by atoms with E-state index in [-0.39, 0.29) is 5.91 Å². The Morgan fingerprint density at radius 2 is 2.39 bits per heavy atom. The second-order valence-electron chi connectivity index (χ2n) is 4.17. The topological polar surface area (TPSA) is 62.7 Å². The Bertz CT molecular complexity index is 629. The van der Waals surface area contributed by atoms with Gasteiger partial charge in [0, 0.05) is 25.7 Å². The smallest absolute Gasteiger partial charge is 0.221 e. The van der Waals surface area contributed by atoms with Gasteiger partial charge in [-0.3, -0.25) is 4.79 Å². The highest BCUT2D eigenvalue weighted by atomic mass is 32.1. The van der Waals surface area contributed by atoms with Crippen LogP contribution in [0.3, 0.4) is 0 Å². The van der Waals surface area contributed by atoms with Gasteiger partial charge in [0.15, 0.2) is 10.4 Å². The highest BCUT2D eigenvalue weighted by molar-refractivity contribution is 7.71. The minimum Gasteiger partial charge on any atom is -0.356 e. The molecule has 2 aromatic heterocycles. The number of carbonyl (C=O) groups excluding carboxylic acids is 1. The van der Waals surface area contributed by atoms with Gasteiger partial charge in [-0.2, -0.15) is 0 Å². The Labute approximate surface area is 110 Å². The molecule has 0 unspecified atom stereocenters. The van der Waals surface area contributed by atoms with Crippen molar-refractivity contribution in [1.82, 2.24) is 19.9 Å². The van der Waals surface area contributed by atoms with E-state index < -0.39 is 0 Å². The fourth-order valence-electron chi connectivity index (χ4n) is 1.85. The Hall–Kier alpha value is -1.69. The Balaban J connectivity index is 2.25. The Morgan fingerprint density at radius 1 is 1.61 bits per heavy atom. The van der Waals surface area contributed by atoms with Crippen LogP contribution in [0.25, 0.3) is 11.2 Å². The van der Waals surface area contributed by atoms with Crippen LogP contribution in [0, 0.1) is 11.7 Å². The molecule has 2 N–H and O–H groups in total. The molecule has 0 atom stereocenters.